The van der Waals surface area contributed by atoms with Crippen molar-refractivity contribution >= 4 is 11.9 Å². The van der Waals surface area contributed by atoms with Gasteiger partial charge in [0.25, 0.3) is 0 Å². The number of cyclic esters (lactones) is 1. The van der Waals surface area contributed by atoms with E-state index in [0.29, 0.717) is 43.4 Å². The maximum Gasteiger partial charge on any atom is 0.331 e. The number of rotatable bonds is 23. The molecule has 0 fully saturated rings. The SMILES string of the molecule is CC1=C\[C@H](C)[C@@H](OC(=O)CCC(C)CC(C)CCCC(C)C[C@H](O)[C@@H](O)C[C@H](C)O)C/C=C\C(=O)O[C@@H]([C@@H](C)CC(C)C[C@@H](C)[C@H](O)C[C@@H](C)O)\C=C\1. The maximum absolute atomic E-state index is 13.0. The van der Waals surface area contributed by atoms with Crippen LogP contribution in [0.4, 0.5) is 0 Å². The van der Waals surface area contributed by atoms with Crippen molar-refractivity contribution in [3.63, 3.8) is 0 Å². The summed E-state index contributed by atoms with van der Waals surface area (Å²) in [5.74, 6) is 0.845. The first kappa shape index (κ1) is 49.0. The van der Waals surface area contributed by atoms with Crippen LogP contribution >= 0.6 is 0 Å². The summed E-state index contributed by atoms with van der Waals surface area (Å²) < 4.78 is 11.9. The zero-order chi connectivity index (χ0) is 40.2. The second kappa shape index (κ2) is 25.9. The minimum absolute atomic E-state index is 0.0545. The molecule has 0 aromatic heterocycles. The van der Waals surface area contributed by atoms with Gasteiger partial charge >= 0.3 is 11.9 Å². The minimum Gasteiger partial charge on any atom is -0.461 e. The van der Waals surface area contributed by atoms with Gasteiger partial charge in [0, 0.05) is 31.3 Å². The first-order valence-electron chi connectivity index (χ1n) is 20.6. The fraction of sp³-hybridized carbons (Fsp3) is 0.818. The molecule has 0 radical (unpaired) electrons. The zero-order valence-electron chi connectivity index (χ0n) is 34.8. The van der Waals surface area contributed by atoms with Crippen LogP contribution < -0.4 is 0 Å². The lowest BCUT2D eigenvalue weighted by atomic mass is 9.84. The normalized spacial score (nSPS) is 27.0. The summed E-state index contributed by atoms with van der Waals surface area (Å²) in [6.07, 6.45) is 13.2. The highest BCUT2D eigenvalue weighted by atomic mass is 16.5. The summed E-state index contributed by atoms with van der Waals surface area (Å²) in [5, 5.41) is 49.8. The molecular formula is C44H78O9. The van der Waals surface area contributed by atoms with Gasteiger partial charge in [0.2, 0.25) is 0 Å². The van der Waals surface area contributed by atoms with Crippen LogP contribution in [0.5, 0.6) is 0 Å². The predicted molar refractivity (Wildman–Crippen MR) is 213 cm³/mol. The molecule has 0 aromatic rings. The summed E-state index contributed by atoms with van der Waals surface area (Å²) in [6, 6.07) is 0. The molecule has 53 heavy (non-hydrogen) atoms. The molecule has 0 spiro atoms. The number of aliphatic hydroxyl groups is 5. The average molecular weight is 751 g/mol. The lowest BCUT2D eigenvalue weighted by Gasteiger charge is -2.27. The lowest BCUT2D eigenvalue weighted by Crippen LogP contribution is -2.30. The third kappa shape index (κ3) is 22.2. The Hall–Kier alpha value is -2.04. The Morgan fingerprint density at radius 1 is 0.755 bits per heavy atom. The lowest BCUT2D eigenvalue weighted by molar-refractivity contribution is -0.150. The third-order valence-corrected chi connectivity index (χ3v) is 10.9. The highest BCUT2D eigenvalue weighted by molar-refractivity contribution is 5.82. The molecule has 9 nitrogen and oxygen atoms in total. The summed E-state index contributed by atoms with van der Waals surface area (Å²) in [6.45, 7) is 20.1. The molecule has 1 aliphatic rings. The topological polar surface area (TPSA) is 154 Å². The Morgan fingerprint density at radius 3 is 1.94 bits per heavy atom. The number of carbonyl (C=O) groups excluding carboxylic acids is 2. The van der Waals surface area contributed by atoms with Gasteiger partial charge in [-0.2, -0.15) is 0 Å². The van der Waals surface area contributed by atoms with E-state index in [2.05, 4.69) is 40.7 Å². The second-order valence-corrected chi connectivity index (χ2v) is 17.4. The van der Waals surface area contributed by atoms with Gasteiger partial charge < -0.3 is 35.0 Å². The number of carbonyl (C=O) groups is 2. The van der Waals surface area contributed by atoms with Crippen molar-refractivity contribution in [1.82, 2.24) is 0 Å². The monoisotopic (exact) mass is 751 g/mol. The number of ether oxygens (including phenoxy) is 2. The molecular weight excluding hydrogens is 672 g/mol. The van der Waals surface area contributed by atoms with Crippen LogP contribution in [0.25, 0.3) is 0 Å². The van der Waals surface area contributed by atoms with Crippen LogP contribution in [-0.2, 0) is 19.1 Å². The van der Waals surface area contributed by atoms with Crippen molar-refractivity contribution in [2.24, 2.45) is 41.4 Å². The standard InChI is InChI=1S/C44H78O9/c1-28(13-11-14-29(2)25-39(48)40(49)27-37(10)46)21-30(3)18-20-44(51)52-41-15-12-16-43(50)53-42(19-17-31(4)22-34(41)7)35(8)24-32(5)23-33(6)38(47)26-36(9)45/h12,16-17,19,22,28-30,32-42,45-49H,11,13-15,18,20-21,23-27H2,1-10H3/b16-12-,19-17+,31-22+/t28?,29?,30?,32?,33-,34+,35+,36-,37+,38-,39+,40+,41+,42-/m1/s1. The van der Waals surface area contributed by atoms with Crippen LogP contribution in [0.3, 0.4) is 0 Å². The number of hydrogen-bond acceptors (Lipinski definition) is 9. The van der Waals surface area contributed by atoms with Crippen molar-refractivity contribution in [1.29, 1.82) is 0 Å². The van der Waals surface area contributed by atoms with Gasteiger partial charge in [0.1, 0.15) is 12.2 Å². The van der Waals surface area contributed by atoms with E-state index in [1.54, 1.807) is 19.9 Å². The van der Waals surface area contributed by atoms with Crippen molar-refractivity contribution in [3.05, 3.63) is 36.0 Å². The van der Waals surface area contributed by atoms with Gasteiger partial charge in [-0.15, -0.1) is 0 Å². The van der Waals surface area contributed by atoms with Gasteiger partial charge in [-0.1, -0.05) is 91.5 Å². The van der Waals surface area contributed by atoms with Gasteiger partial charge in [-0.25, -0.2) is 4.79 Å². The van der Waals surface area contributed by atoms with E-state index >= 15 is 0 Å². The molecule has 5 N–H and O–H groups in total. The van der Waals surface area contributed by atoms with Crippen molar-refractivity contribution in [2.45, 2.75) is 189 Å². The number of aliphatic hydroxyl groups excluding tert-OH is 5. The Kier molecular flexibility index (Phi) is 24.0. The van der Waals surface area contributed by atoms with E-state index in [-0.39, 0.29) is 36.1 Å². The smallest absolute Gasteiger partial charge is 0.331 e. The fourth-order valence-corrected chi connectivity index (χ4v) is 7.77. The van der Waals surface area contributed by atoms with Gasteiger partial charge in [0.15, 0.2) is 0 Å². The van der Waals surface area contributed by atoms with Crippen LogP contribution in [0, 0.1) is 41.4 Å². The van der Waals surface area contributed by atoms with Crippen LogP contribution in [0.2, 0.25) is 0 Å². The van der Waals surface area contributed by atoms with E-state index in [1.807, 2.05) is 32.9 Å². The molecule has 0 aromatic carbocycles. The molecule has 1 rings (SSSR count). The Balaban J connectivity index is 2.65. The van der Waals surface area contributed by atoms with Crippen molar-refractivity contribution in [2.75, 3.05) is 0 Å². The predicted octanol–water partition coefficient (Wildman–Crippen LogP) is 7.86. The molecule has 0 aliphatic carbocycles. The van der Waals surface area contributed by atoms with E-state index in [9.17, 15) is 35.1 Å². The number of esters is 2. The maximum atomic E-state index is 13.0. The largest absolute Gasteiger partial charge is 0.461 e. The van der Waals surface area contributed by atoms with E-state index in [1.165, 1.54) is 6.08 Å². The van der Waals surface area contributed by atoms with Crippen molar-refractivity contribution in [3.8, 4) is 0 Å². The van der Waals surface area contributed by atoms with E-state index < -0.39 is 48.7 Å². The first-order valence-corrected chi connectivity index (χ1v) is 20.6. The van der Waals surface area contributed by atoms with E-state index in [0.717, 1.165) is 50.5 Å². The zero-order valence-corrected chi connectivity index (χ0v) is 34.8. The summed E-state index contributed by atoms with van der Waals surface area (Å²) in [7, 11) is 0. The van der Waals surface area contributed by atoms with Crippen LogP contribution in [0.1, 0.15) is 146 Å². The molecule has 0 saturated carbocycles. The molecule has 308 valence electrons. The second-order valence-electron chi connectivity index (χ2n) is 17.4. The summed E-state index contributed by atoms with van der Waals surface area (Å²) >= 11 is 0. The average Bonchev–Trinajstić information content (AvgIpc) is 3.03. The molecule has 0 bridgehead atoms. The van der Waals surface area contributed by atoms with Crippen molar-refractivity contribution < 1.29 is 44.6 Å². The molecule has 0 saturated heterocycles. The summed E-state index contributed by atoms with van der Waals surface area (Å²) in [5.41, 5.74) is 1.00. The highest BCUT2D eigenvalue weighted by Gasteiger charge is 2.26. The third-order valence-electron chi connectivity index (χ3n) is 10.9. The first-order chi connectivity index (χ1) is 24.8. The molecule has 1 aliphatic heterocycles. The Labute approximate surface area is 322 Å². The molecule has 0 amide bonds. The van der Waals surface area contributed by atoms with Gasteiger partial charge in [0.05, 0.1) is 30.5 Å². The minimum atomic E-state index is -0.899. The van der Waals surface area contributed by atoms with E-state index in [4.69, 9.17) is 9.47 Å². The molecule has 1 heterocycles. The summed E-state index contributed by atoms with van der Waals surface area (Å²) in [4.78, 5) is 25.9. The Morgan fingerprint density at radius 2 is 1.32 bits per heavy atom. The molecule has 4 unspecified atom stereocenters. The van der Waals surface area contributed by atoms with Gasteiger partial charge in [-0.3, -0.25) is 4.79 Å². The molecule has 9 heteroatoms. The van der Waals surface area contributed by atoms with Crippen LogP contribution in [-0.4, -0.2) is 80.2 Å². The van der Waals surface area contributed by atoms with Gasteiger partial charge in [-0.05, 0) is 101 Å². The quantitative estimate of drug-likeness (QED) is 0.0657. The number of allylic oxidation sites excluding steroid dienone is 2. The fourth-order valence-electron chi connectivity index (χ4n) is 7.77. The van der Waals surface area contributed by atoms with Crippen LogP contribution in [0.15, 0.2) is 36.0 Å². The Bertz CT molecular complexity index is 1110. The molecule has 14 atom stereocenters. The number of hydrogen-bond donors (Lipinski definition) is 5. The highest BCUT2D eigenvalue weighted by Crippen LogP contribution is 2.28.